The number of carboxylic acid groups (broad SMARTS) is 1. The van der Waals surface area contributed by atoms with Crippen LogP contribution in [0.5, 0.6) is 0 Å². The van der Waals surface area contributed by atoms with Crippen LogP contribution >= 0.6 is 11.8 Å². The summed E-state index contributed by atoms with van der Waals surface area (Å²) >= 11 is 1.49. The van der Waals surface area contributed by atoms with E-state index in [2.05, 4.69) is 4.74 Å². The third-order valence-electron chi connectivity index (χ3n) is 1.79. The zero-order valence-corrected chi connectivity index (χ0v) is 9.58. The Morgan fingerprint density at radius 3 is 2.81 bits per heavy atom. The van der Waals surface area contributed by atoms with E-state index in [1.165, 1.54) is 24.9 Å². The molecular formula is C10H12O5S. The fraction of sp³-hybridized carbons (Fsp3) is 0.400. The molecule has 0 aliphatic heterocycles. The van der Waals surface area contributed by atoms with Gasteiger partial charge in [0.2, 0.25) is 5.76 Å². The SMILES string of the molecule is COC(=O)CCSCc1ccc(C(=O)O)o1. The molecule has 1 rings (SSSR count). The van der Waals surface area contributed by atoms with Gasteiger partial charge in [0, 0.05) is 5.75 Å². The molecule has 0 amide bonds. The lowest BCUT2D eigenvalue weighted by Crippen LogP contribution is -2.01. The van der Waals surface area contributed by atoms with Crippen molar-refractivity contribution in [2.75, 3.05) is 12.9 Å². The fourth-order valence-electron chi connectivity index (χ4n) is 1.00. The van der Waals surface area contributed by atoms with Crippen molar-refractivity contribution in [3.8, 4) is 0 Å². The minimum absolute atomic E-state index is 0.0661. The molecule has 88 valence electrons. The first-order valence-electron chi connectivity index (χ1n) is 4.60. The van der Waals surface area contributed by atoms with Crippen molar-refractivity contribution in [1.82, 2.24) is 0 Å². The number of thioether (sulfide) groups is 1. The molecule has 1 aromatic rings. The van der Waals surface area contributed by atoms with Crippen LogP contribution in [-0.2, 0) is 15.3 Å². The normalized spacial score (nSPS) is 10.1. The molecule has 0 aromatic carbocycles. The van der Waals surface area contributed by atoms with Crippen molar-refractivity contribution in [2.45, 2.75) is 12.2 Å². The molecule has 0 radical (unpaired) electrons. The number of rotatable bonds is 6. The van der Waals surface area contributed by atoms with Crippen molar-refractivity contribution >= 4 is 23.7 Å². The third kappa shape index (κ3) is 3.98. The highest BCUT2D eigenvalue weighted by Crippen LogP contribution is 2.16. The van der Waals surface area contributed by atoms with Crippen molar-refractivity contribution in [1.29, 1.82) is 0 Å². The number of hydrogen-bond acceptors (Lipinski definition) is 5. The Morgan fingerprint density at radius 2 is 2.25 bits per heavy atom. The van der Waals surface area contributed by atoms with E-state index in [9.17, 15) is 9.59 Å². The first-order chi connectivity index (χ1) is 7.63. The van der Waals surface area contributed by atoms with Gasteiger partial charge < -0.3 is 14.3 Å². The smallest absolute Gasteiger partial charge is 0.371 e. The Labute approximate surface area is 96.8 Å². The zero-order chi connectivity index (χ0) is 12.0. The van der Waals surface area contributed by atoms with Crippen molar-refractivity contribution in [2.24, 2.45) is 0 Å². The summed E-state index contributed by atoms with van der Waals surface area (Å²) in [5.74, 6) is 0.361. The number of esters is 1. The first kappa shape index (κ1) is 12.6. The van der Waals surface area contributed by atoms with Gasteiger partial charge >= 0.3 is 11.9 Å². The lowest BCUT2D eigenvalue weighted by Gasteiger charge is -1.98. The lowest BCUT2D eigenvalue weighted by molar-refractivity contribution is -0.140. The van der Waals surface area contributed by atoms with Gasteiger partial charge in [-0.2, -0.15) is 11.8 Å². The minimum Gasteiger partial charge on any atom is -0.475 e. The summed E-state index contributed by atoms with van der Waals surface area (Å²) in [5, 5.41) is 8.61. The summed E-state index contributed by atoms with van der Waals surface area (Å²) in [7, 11) is 1.35. The van der Waals surface area contributed by atoms with E-state index >= 15 is 0 Å². The second-order valence-corrected chi connectivity index (χ2v) is 4.06. The molecule has 1 aromatic heterocycles. The number of carboxylic acids is 1. The van der Waals surface area contributed by atoms with Gasteiger partial charge in [-0.3, -0.25) is 4.79 Å². The van der Waals surface area contributed by atoms with Crippen LogP contribution in [0.25, 0.3) is 0 Å². The molecule has 0 spiro atoms. The van der Waals surface area contributed by atoms with Gasteiger partial charge in [-0.05, 0) is 12.1 Å². The zero-order valence-electron chi connectivity index (χ0n) is 8.76. The van der Waals surface area contributed by atoms with E-state index < -0.39 is 5.97 Å². The molecule has 0 bridgehead atoms. The Kier molecular flexibility index (Phi) is 4.91. The van der Waals surface area contributed by atoms with E-state index in [1.807, 2.05) is 0 Å². The lowest BCUT2D eigenvalue weighted by atomic mass is 10.4. The number of carbonyl (C=O) groups excluding carboxylic acids is 1. The van der Waals surface area contributed by atoms with E-state index in [4.69, 9.17) is 9.52 Å². The maximum absolute atomic E-state index is 10.8. The monoisotopic (exact) mass is 244 g/mol. The molecule has 0 atom stereocenters. The van der Waals surface area contributed by atoms with Crippen LogP contribution in [0.4, 0.5) is 0 Å². The minimum atomic E-state index is -1.08. The second kappa shape index (κ2) is 6.22. The maximum Gasteiger partial charge on any atom is 0.371 e. The maximum atomic E-state index is 10.8. The van der Waals surface area contributed by atoms with E-state index in [0.29, 0.717) is 23.7 Å². The predicted molar refractivity (Wildman–Crippen MR) is 58.5 cm³/mol. The highest BCUT2D eigenvalue weighted by Gasteiger charge is 2.08. The average molecular weight is 244 g/mol. The van der Waals surface area contributed by atoms with Crippen molar-refractivity contribution < 1.29 is 23.8 Å². The molecule has 0 unspecified atom stereocenters. The van der Waals surface area contributed by atoms with Gasteiger partial charge in [0.25, 0.3) is 0 Å². The molecule has 0 saturated carbocycles. The molecule has 1 N–H and O–H groups in total. The van der Waals surface area contributed by atoms with Crippen LogP contribution < -0.4 is 0 Å². The average Bonchev–Trinajstić information content (AvgIpc) is 2.72. The van der Waals surface area contributed by atoms with Gasteiger partial charge in [-0.15, -0.1) is 0 Å². The Hall–Kier alpha value is -1.43. The van der Waals surface area contributed by atoms with Crippen LogP contribution in [0.1, 0.15) is 22.7 Å². The van der Waals surface area contributed by atoms with Crippen LogP contribution in [0, 0.1) is 0 Å². The van der Waals surface area contributed by atoms with E-state index in [-0.39, 0.29) is 11.7 Å². The molecule has 1 heterocycles. The third-order valence-corrected chi connectivity index (χ3v) is 2.78. The molecule has 0 saturated heterocycles. The van der Waals surface area contributed by atoms with Crippen LogP contribution in [0.15, 0.2) is 16.5 Å². The summed E-state index contributed by atoms with van der Waals surface area (Å²) in [4.78, 5) is 21.3. The fourth-order valence-corrected chi connectivity index (χ4v) is 1.81. The van der Waals surface area contributed by atoms with Crippen LogP contribution in [0.2, 0.25) is 0 Å². The van der Waals surface area contributed by atoms with Gasteiger partial charge in [0.1, 0.15) is 5.76 Å². The number of ether oxygens (including phenoxy) is 1. The quantitative estimate of drug-likeness (QED) is 0.607. The largest absolute Gasteiger partial charge is 0.475 e. The van der Waals surface area contributed by atoms with Gasteiger partial charge in [-0.25, -0.2) is 4.79 Å². The number of hydrogen-bond donors (Lipinski definition) is 1. The Morgan fingerprint density at radius 1 is 1.50 bits per heavy atom. The molecule has 0 aliphatic carbocycles. The number of furan rings is 1. The number of carbonyl (C=O) groups is 2. The van der Waals surface area contributed by atoms with Crippen LogP contribution in [0.3, 0.4) is 0 Å². The predicted octanol–water partition coefficient (Wildman–Crippen LogP) is 1.77. The van der Waals surface area contributed by atoms with Crippen molar-refractivity contribution in [3.63, 3.8) is 0 Å². The molecule has 6 heteroatoms. The summed E-state index contributed by atoms with van der Waals surface area (Å²) in [5.41, 5.74) is 0. The summed E-state index contributed by atoms with van der Waals surface area (Å²) in [6.07, 6.45) is 0.341. The summed E-state index contributed by atoms with van der Waals surface area (Å²) < 4.78 is 9.53. The van der Waals surface area contributed by atoms with Gasteiger partial charge in [-0.1, -0.05) is 0 Å². The Balaban J connectivity index is 2.27. The summed E-state index contributed by atoms with van der Waals surface area (Å²) in [6, 6.07) is 3.03. The number of methoxy groups -OCH3 is 1. The molecule has 0 fully saturated rings. The summed E-state index contributed by atoms with van der Waals surface area (Å²) in [6.45, 7) is 0. The van der Waals surface area contributed by atoms with E-state index in [0.717, 1.165) is 0 Å². The highest BCUT2D eigenvalue weighted by molar-refractivity contribution is 7.98. The molecule has 0 aliphatic rings. The van der Waals surface area contributed by atoms with Gasteiger partial charge in [0.15, 0.2) is 0 Å². The Bertz CT molecular complexity index is 371. The van der Waals surface area contributed by atoms with Gasteiger partial charge in [0.05, 0.1) is 19.3 Å². The molecular weight excluding hydrogens is 232 g/mol. The molecule has 5 nitrogen and oxygen atoms in total. The van der Waals surface area contributed by atoms with Crippen molar-refractivity contribution in [3.05, 3.63) is 23.7 Å². The number of aromatic carboxylic acids is 1. The second-order valence-electron chi connectivity index (χ2n) is 2.95. The van der Waals surface area contributed by atoms with Crippen LogP contribution in [-0.4, -0.2) is 29.9 Å². The topological polar surface area (TPSA) is 76.7 Å². The molecule has 16 heavy (non-hydrogen) atoms. The highest BCUT2D eigenvalue weighted by atomic mass is 32.2. The van der Waals surface area contributed by atoms with E-state index in [1.54, 1.807) is 6.07 Å². The standard InChI is InChI=1S/C10H12O5S/c1-14-9(11)4-5-16-6-7-2-3-8(15-7)10(12)13/h2-3H,4-6H2,1H3,(H,12,13). The first-order valence-corrected chi connectivity index (χ1v) is 5.75.